The SMILES string of the molecule is CCC(CC=O)C(C)(C)F. The fourth-order valence-electron chi connectivity index (χ4n) is 1.05. The Balaban J connectivity index is 3.92. The molecule has 0 N–H and O–H groups in total. The van der Waals surface area contributed by atoms with E-state index in [4.69, 9.17) is 0 Å². The van der Waals surface area contributed by atoms with Crippen molar-refractivity contribution in [1.82, 2.24) is 0 Å². The first-order valence-electron chi connectivity index (χ1n) is 3.65. The van der Waals surface area contributed by atoms with Gasteiger partial charge in [-0.05, 0) is 26.2 Å². The highest BCUT2D eigenvalue weighted by atomic mass is 19.1. The Morgan fingerprint density at radius 2 is 2.10 bits per heavy atom. The van der Waals surface area contributed by atoms with Crippen LogP contribution in [0.1, 0.15) is 33.6 Å². The molecule has 1 atom stereocenters. The average Bonchev–Trinajstić information content (AvgIpc) is 1.80. The van der Waals surface area contributed by atoms with Crippen molar-refractivity contribution in [1.29, 1.82) is 0 Å². The second kappa shape index (κ2) is 3.69. The summed E-state index contributed by atoms with van der Waals surface area (Å²) in [5.41, 5.74) is -1.21. The van der Waals surface area contributed by atoms with Crippen LogP contribution in [0.4, 0.5) is 4.39 Å². The number of carbonyl (C=O) groups is 1. The third kappa shape index (κ3) is 2.95. The van der Waals surface area contributed by atoms with Crippen LogP contribution < -0.4 is 0 Å². The monoisotopic (exact) mass is 146 g/mol. The Bertz CT molecular complexity index is 104. The van der Waals surface area contributed by atoms with Crippen LogP contribution in [0.15, 0.2) is 0 Å². The number of hydrogen-bond acceptors (Lipinski definition) is 1. The van der Waals surface area contributed by atoms with Crippen LogP contribution in [0.25, 0.3) is 0 Å². The average molecular weight is 146 g/mol. The smallest absolute Gasteiger partial charge is 0.120 e. The topological polar surface area (TPSA) is 17.1 Å². The molecule has 0 fully saturated rings. The summed E-state index contributed by atoms with van der Waals surface area (Å²) in [5.74, 6) is -0.120. The quantitative estimate of drug-likeness (QED) is 0.556. The van der Waals surface area contributed by atoms with E-state index in [-0.39, 0.29) is 5.92 Å². The minimum Gasteiger partial charge on any atom is -0.303 e. The maximum Gasteiger partial charge on any atom is 0.120 e. The van der Waals surface area contributed by atoms with Gasteiger partial charge in [0.25, 0.3) is 0 Å². The molecule has 60 valence electrons. The summed E-state index contributed by atoms with van der Waals surface area (Å²) in [6.07, 6.45) is 1.84. The van der Waals surface area contributed by atoms with E-state index in [0.717, 1.165) is 12.7 Å². The van der Waals surface area contributed by atoms with E-state index in [9.17, 15) is 9.18 Å². The molecule has 1 unspecified atom stereocenters. The molecule has 0 aliphatic carbocycles. The highest BCUT2D eigenvalue weighted by molar-refractivity contribution is 5.50. The van der Waals surface area contributed by atoms with Crippen molar-refractivity contribution in [3.05, 3.63) is 0 Å². The van der Waals surface area contributed by atoms with Gasteiger partial charge < -0.3 is 4.79 Å². The molecule has 0 heterocycles. The van der Waals surface area contributed by atoms with Gasteiger partial charge in [0.2, 0.25) is 0 Å². The van der Waals surface area contributed by atoms with E-state index >= 15 is 0 Å². The molecular weight excluding hydrogens is 131 g/mol. The van der Waals surface area contributed by atoms with Gasteiger partial charge >= 0.3 is 0 Å². The van der Waals surface area contributed by atoms with Crippen molar-refractivity contribution < 1.29 is 9.18 Å². The summed E-state index contributed by atoms with van der Waals surface area (Å²) in [6, 6.07) is 0. The molecule has 1 nitrogen and oxygen atoms in total. The molecule has 0 saturated carbocycles. The highest BCUT2D eigenvalue weighted by Gasteiger charge is 2.26. The van der Waals surface area contributed by atoms with Crippen LogP contribution in [-0.2, 0) is 4.79 Å². The van der Waals surface area contributed by atoms with Gasteiger partial charge in [0.15, 0.2) is 0 Å². The van der Waals surface area contributed by atoms with Gasteiger partial charge in [-0.25, -0.2) is 4.39 Å². The van der Waals surface area contributed by atoms with Crippen molar-refractivity contribution >= 4 is 6.29 Å². The minimum absolute atomic E-state index is 0.120. The third-order valence-electron chi connectivity index (χ3n) is 1.84. The van der Waals surface area contributed by atoms with Gasteiger partial charge in [-0.1, -0.05) is 6.92 Å². The Kier molecular flexibility index (Phi) is 3.54. The number of aldehydes is 1. The lowest BCUT2D eigenvalue weighted by molar-refractivity contribution is -0.109. The molecule has 10 heavy (non-hydrogen) atoms. The molecule has 0 bridgehead atoms. The van der Waals surface area contributed by atoms with Crippen LogP contribution in [0.3, 0.4) is 0 Å². The molecule has 0 aliphatic heterocycles. The third-order valence-corrected chi connectivity index (χ3v) is 1.84. The molecule has 0 rings (SSSR count). The lowest BCUT2D eigenvalue weighted by Crippen LogP contribution is -2.25. The minimum atomic E-state index is -1.21. The first kappa shape index (κ1) is 9.60. The van der Waals surface area contributed by atoms with Gasteiger partial charge in [0.05, 0.1) is 0 Å². The van der Waals surface area contributed by atoms with E-state index in [1.807, 2.05) is 6.92 Å². The van der Waals surface area contributed by atoms with Crippen molar-refractivity contribution in [2.75, 3.05) is 0 Å². The summed E-state index contributed by atoms with van der Waals surface area (Å²) >= 11 is 0. The second-order valence-electron chi connectivity index (χ2n) is 3.07. The summed E-state index contributed by atoms with van der Waals surface area (Å²) in [7, 11) is 0. The van der Waals surface area contributed by atoms with Crippen molar-refractivity contribution in [2.45, 2.75) is 39.3 Å². The Labute approximate surface area is 61.6 Å². The Hall–Kier alpha value is -0.400. The van der Waals surface area contributed by atoms with Gasteiger partial charge in [0.1, 0.15) is 12.0 Å². The lowest BCUT2D eigenvalue weighted by atomic mass is 9.88. The number of hydrogen-bond donors (Lipinski definition) is 0. The fourth-order valence-corrected chi connectivity index (χ4v) is 1.05. The van der Waals surface area contributed by atoms with Crippen LogP contribution >= 0.6 is 0 Å². The number of rotatable bonds is 4. The van der Waals surface area contributed by atoms with Crippen molar-refractivity contribution in [3.8, 4) is 0 Å². The number of alkyl halides is 1. The number of carbonyl (C=O) groups excluding carboxylic acids is 1. The summed E-state index contributed by atoms with van der Waals surface area (Å²) in [6.45, 7) is 4.94. The molecule has 0 aromatic rings. The van der Waals surface area contributed by atoms with Crippen LogP contribution in [0.2, 0.25) is 0 Å². The van der Waals surface area contributed by atoms with E-state index in [2.05, 4.69) is 0 Å². The zero-order valence-corrected chi connectivity index (χ0v) is 6.86. The fraction of sp³-hybridized carbons (Fsp3) is 0.875. The lowest BCUT2D eigenvalue weighted by Gasteiger charge is -2.23. The molecule has 0 aromatic carbocycles. The summed E-state index contributed by atoms with van der Waals surface area (Å²) < 4.78 is 13.1. The van der Waals surface area contributed by atoms with E-state index in [0.29, 0.717) is 6.42 Å². The predicted octanol–water partition coefficient (Wildman–Crippen LogP) is 2.35. The largest absolute Gasteiger partial charge is 0.303 e. The summed E-state index contributed by atoms with van der Waals surface area (Å²) in [5, 5.41) is 0. The Morgan fingerprint density at radius 1 is 1.60 bits per heavy atom. The molecule has 0 radical (unpaired) electrons. The molecule has 0 amide bonds. The van der Waals surface area contributed by atoms with Crippen LogP contribution in [-0.4, -0.2) is 12.0 Å². The van der Waals surface area contributed by atoms with Crippen molar-refractivity contribution in [3.63, 3.8) is 0 Å². The maximum atomic E-state index is 13.1. The van der Waals surface area contributed by atoms with Gasteiger partial charge in [-0.2, -0.15) is 0 Å². The predicted molar refractivity (Wildman–Crippen MR) is 39.6 cm³/mol. The van der Waals surface area contributed by atoms with Crippen LogP contribution in [0.5, 0.6) is 0 Å². The zero-order chi connectivity index (χ0) is 8.20. The molecule has 0 aliphatic rings. The second-order valence-corrected chi connectivity index (χ2v) is 3.07. The molecule has 2 heteroatoms. The van der Waals surface area contributed by atoms with E-state index in [1.54, 1.807) is 0 Å². The normalized spacial score (nSPS) is 14.8. The first-order chi connectivity index (χ1) is 4.52. The molecular formula is C8H15FO. The van der Waals surface area contributed by atoms with E-state index in [1.165, 1.54) is 13.8 Å². The van der Waals surface area contributed by atoms with Gasteiger partial charge in [-0.15, -0.1) is 0 Å². The molecule has 0 aromatic heterocycles. The molecule has 0 spiro atoms. The number of halogens is 1. The van der Waals surface area contributed by atoms with Crippen LogP contribution in [0, 0.1) is 5.92 Å². The first-order valence-corrected chi connectivity index (χ1v) is 3.65. The van der Waals surface area contributed by atoms with Gasteiger partial charge in [-0.3, -0.25) is 0 Å². The van der Waals surface area contributed by atoms with E-state index < -0.39 is 5.67 Å². The zero-order valence-electron chi connectivity index (χ0n) is 6.86. The highest BCUT2D eigenvalue weighted by Crippen LogP contribution is 2.26. The standard InChI is InChI=1S/C8H15FO/c1-4-7(5-6-10)8(2,3)9/h6-7H,4-5H2,1-3H3. The maximum absolute atomic E-state index is 13.1. The summed E-state index contributed by atoms with van der Waals surface area (Å²) in [4.78, 5) is 10.1. The molecule has 0 saturated heterocycles. The van der Waals surface area contributed by atoms with Crippen molar-refractivity contribution in [2.24, 2.45) is 5.92 Å². The van der Waals surface area contributed by atoms with Gasteiger partial charge in [0, 0.05) is 6.42 Å². The Morgan fingerprint density at radius 3 is 2.20 bits per heavy atom.